The van der Waals surface area contributed by atoms with Gasteiger partial charge < -0.3 is 10.6 Å². The molecule has 0 radical (unpaired) electrons. The molecule has 0 spiro atoms. The third kappa shape index (κ3) is 3.22. The van der Waals surface area contributed by atoms with Crippen LogP contribution in [0.15, 0.2) is 29.3 Å². The first-order chi connectivity index (χ1) is 9.10. The van der Waals surface area contributed by atoms with E-state index < -0.39 is 11.7 Å². The van der Waals surface area contributed by atoms with Gasteiger partial charge in [0.25, 0.3) is 5.91 Å². The normalized spacial score (nSPS) is 10.1. The molecule has 98 valence electrons. The second kappa shape index (κ2) is 5.70. The number of nitrogens with one attached hydrogen (secondary N) is 2. The van der Waals surface area contributed by atoms with Crippen LogP contribution in [0.1, 0.15) is 10.4 Å². The van der Waals surface area contributed by atoms with Gasteiger partial charge >= 0.3 is 0 Å². The summed E-state index contributed by atoms with van der Waals surface area (Å²) in [6.07, 6.45) is 3.86. The number of hydrogen-bond donors (Lipinski definition) is 2. The van der Waals surface area contributed by atoms with Crippen LogP contribution in [0.4, 0.5) is 16.0 Å². The highest BCUT2D eigenvalue weighted by Crippen LogP contribution is 2.15. The number of pyridine rings is 1. The van der Waals surface area contributed by atoms with Crippen LogP contribution in [-0.4, -0.2) is 27.9 Å². The molecule has 19 heavy (non-hydrogen) atoms. The van der Waals surface area contributed by atoms with Crippen LogP contribution in [-0.2, 0) is 0 Å². The first-order valence-electron chi connectivity index (χ1n) is 5.22. The molecule has 6 nitrogen and oxygen atoms in total. The van der Waals surface area contributed by atoms with Crippen LogP contribution in [0.5, 0.6) is 0 Å². The highest BCUT2D eigenvalue weighted by atomic mass is 79.9. The number of carbonyl (C=O) groups is 1. The van der Waals surface area contributed by atoms with Crippen LogP contribution < -0.4 is 10.6 Å². The van der Waals surface area contributed by atoms with Gasteiger partial charge in [0, 0.05) is 7.05 Å². The summed E-state index contributed by atoms with van der Waals surface area (Å²) in [5.74, 6) is -0.567. The zero-order chi connectivity index (χ0) is 13.8. The Bertz CT molecular complexity index is 605. The van der Waals surface area contributed by atoms with Crippen molar-refractivity contribution in [2.45, 2.75) is 0 Å². The van der Waals surface area contributed by atoms with Crippen molar-refractivity contribution in [3.8, 4) is 0 Å². The van der Waals surface area contributed by atoms with Gasteiger partial charge in [0.15, 0.2) is 5.82 Å². The van der Waals surface area contributed by atoms with Crippen LogP contribution in [0.2, 0.25) is 0 Å². The van der Waals surface area contributed by atoms with E-state index in [0.717, 1.165) is 12.3 Å². The number of rotatable bonds is 3. The first kappa shape index (κ1) is 13.3. The minimum absolute atomic E-state index is 0.0900. The summed E-state index contributed by atoms with van der Waals surface area (Å²) in [4.78, 5) is 23.6. The first-order valence-corrected chi connectivity index (χ1v) is 6.01. The lowest BCUT2D eigenvalue weighted by Crippen LogP contribution is -2.16. The largest absolute Gasteiger partial charge is 0.372 e. The lowest BCUT2D eigenvalue weighted by Gasteiger charge is -2.08. The van der Waals surface area contributed by atoms with E-state index >= 15 is 0 Å². The molecule has 0 atom stereocenters. The molecule has 0 saturated carbocycles. The molecule has 2 N–H and O–H groups in total. The summed E-state index contributed by atoms with van der Waals surface area (Å²) in [5.41, 5.74) is 0.0900. The molecule has 0 aromatic carbocycles. The summed E-state index contributed by atoms with van der Waals surface area (Å²) in [5, 5.41) is 5.22. The lowest BCUT2D eigenvalue weighted by atomic mass is 10.2. The topological polar surface area (TPSA) is 79.8 Å². The molecule has 0 aliphatic carbocycles. The molecule has 8 heteroatoms. The van der Waals surface area contributed by atoms with Crippen LogP contribution in [0.25, 0.3) is 0 Å². The van der Waals surface area contributed by atoms with Crippen LogP contribution in [0, 0.1) is 5.82 Å². The zero-order valence-electron chi connectivity index (χ0n) is 9.82. The van der Waals surface area contributed by atoms with Gasteiger partial charge in [0.2, 0.25) is 0 Å². The Morgan fingerprint density at radius 3 is 2.68 bits per heavy atom. The van der Waals surface area contributed by atoms with Crippen molar-refractivity contribution in [3.63, 3.8) is 0 Å². The highest BCUT2D eigenvalue weighted by molar-refractivity contribution is 9.10. The molecule has 0 unspecified atom stereocenters. The number of aromatic nitrogens is 3. The molecule has 0 saturated heterocycles. The molecular formula is C11H9BrFN5O. The van der Waals surface area contributed by atoms with Crippen LogP contribution >= 0.6 is 15.9 Å². The Labute approximate surface area is 116 Å². The maximum Gasteiger partial charge on any atom is 0.260 e. The second-order valence-corrected chi connectivity index (χ2v) is 4.29. The number of nitrogens with zero attached hydrogens (tertiary/aromatic N) is 3. The highest BCUT2D eigenvalue weighted by Gasteiger charge is 2.14. The van der Waals surface area contributed by atoms with Crippen molar-refractivity contribution in [1.82, 2.24) is 15.0 Å². The van der Waals surface area contributed by atoms with Crippen molar-refractivity contribution in [2.75, 3.05) is 17.7 Å². The number of amides is 1. The summed E-state index contributed by atoms with van der Waals surface area (Å²) in [7, 11) is 1.59. The van der Waals surface area contributed by atoms with Gasteiger partial charge in [-0.1, -0.05) is 0 Å². The SMILES string of the molecule is CNc1ncc(F)cc1C(=O)Nc1cnc(Br)cn1. The van der Waals surface area contributed by atoms with Crippen molar-refractivity contribution < 1.29 is 9.18 Å². The molecule has 2 aromatic heterocycles. The minimum Gasteiger partial charge on any atom is -0.372 e. The molecule has 1 amide bonds. The van der Waals surface area contributed by atoms with E-state index in [1.165, 1.54) is 12.4 Å². The van der Waals surface area contributed by atoms with Gasteiger partial charge in [-0.25, -0.2) is 19.3 Å². The molecule has 2 aromatic rings. The molecule has 0 aliphatic rings. The quantitative estimate of drug-likeness (QED) is 0.903. The predicted octanol–water partition coefficient (Wildman–Crippen LogP) is 2.07. The predicted molar refractivity (Wildman–Crippen MR) is 71.4 cm³/mol. The van der Waals surface area contributed by atoms with E-state index in [1.807, 2.05) is 0 Å². The average Bonchev–Trinajstić information content (AvgIpc) is 2.41. The Morgan fingerprint density at radius 2 is 2.05 bits per heavy atom. The maximum atomic E-state index is 13.1. The number of carbonyl (C=O) groups excluding carboxylic acids is 1. The molecule has 0 fully saturated rings. The van der Waals surface area contributed by atoms with Gasteiger partial charge in [-0.3, -0.25) is 4.79 Å². The van der Waals surface area contributed by atoms with Crippen LogP contribution in [0.3, 0.4) is 0 Å². The summed E-state index contributed by atoms with van der Waals surface area (Å²) < 4.78 is 13.7. The standard InChI is InChI=1S/C11H9BrFN5O/c1-14-10-7(2-6(13)3-17-10)11(19)18-9-5-15-8(12)4-16-9/h2-5H,1H3,(H,14,17)(H,16,18,19). The van der Waals surface area contributed by atoms with E-state index in [2.05, 4.69) is 41.5 Å². The van der Waals surface area contributed by atoms with Crippen molar-refractivity contribution in [3.05, 3.63) is 40.6 Å². The Kier molecular flexibility index (Phi) is 4.00. The van der Waals surface area contributed by atoms with Gasteiger partial charge in [-0.2, -0.15) is 0 Å². The minimum atomic E-state index is -0.592. The monoisotopic (exact) mass is 325 g/mol. The smallest absolute Gasteiger partial charge is 0.260 e. The van der Waals surface area contributed by atoms with Gasteiger partial charge in [0.05, 0.1) is 24.2 Å². The number of halogens is 2. The Morgan fingerprint density at radius 1 is 1.26 bits per heavy atom. The maximum absolute atomic E-state index is 13.1. The molecule has 2 heterocycles. The van der Waals surface area contributed by atoms with E-state index in [4.69, 9.17) is 0 Å². The van der Waals surface area contributed by atoms with Crippen molar-refractivity contribution in [2.24, 2.45) is 0 Å². The second-order valence-electron chi connectivity index (χ2n) is 3.48. The van der Waals surface area contributed by atoms with E-state index in [-0.39, 0.29) is 17.2 Å². The summed E-state index contributed by atoms with van der Waals surface area (Å²) >= 11 is 3.13. The Balaban J connectivity index is 2.24. The van der Waals surface area contributed by atoms with Gasteiger partial charge in [0.1, 0.15) is 16.2 Å². The van der Waals surface area contributed by atoms with Gasteiger partial charge in [-0.15, -0.1) is 0 Å². The molecular weight excluding hydrogens is 317 g/mol. The molecule has 0 aliphatic heterocycles. The third-order valence-electron chi connectivity index (χ3n) is 2.20. The van der Waals surface area contributed by atoms with Crippen molar-refractivity contribution >= 4 is 33.5 Å². The number of anilines is 2. The molecule has 2 rings (SSSR count). The fourth-order valence-corrected chi connectivity index (χ4v) is 1.58. The number of hydrogen-bond acceptors (Lipinski definition) is 5. The van der Waals surface area contributed by atoms with Crippen molar-refractivity contribution in [1.29, 1.82) is 0 Å². The third-order valence-corrected chi connectivity index (χ3v) is 2.61. The summed E-state index contributed by atoms with van der Waals surface area (Å²) in [6, 6.07) is 1.10. The Hall–Kier alpha value is -2.09. The fourth-order valence-electron chi connectivity index (χ4n) is 1.37. The lowest BCUT2D eigenvalue weighted by molar-refractivity contribution is 0.102. The zero-order valence-corrected chi connectivity index (χ0v) is 11.4. The summed E-state index contributed by atoms with van der Waals surface area (Å²) in [6.45, 7) is 0. The van der Waals surface area contributed by atoms with E-state index in [1.54, 1.807) is 7.05 Å². The molecule has 0 bridgehead atoms. The average molecular weight is 326 g/mol. The van der Waals surface area contributed by atoms with E-state index in [9.17, 15) is 9.18 Å². The van der Waals surface area contributed by atoms with E-state index in [0.29, 0.717) is 4.60 Å². The fraction of sp³-hybridized carbons (Fsp3) is 0.0909. The van der Waals surface area contributed by atoms with Gasteiger partial charge in [-0.05, 0) is 22.0 Å².